The maximum Gasteiger partial charge on any atom is 0.0991 e. The van der Waals surface area contributed by atoms with Gasteiger partial charge in [0, 0.05) is 17.1 Å². The van der Waals surface area contributed by atoms with Crippen LogP contribution in [0.25, 0.3) is 0 Å². The largest absolute Gasteiger partial charge is 0.306 e. The van der Waals surface area contributed by atoms with Crippen molar-refractivity contribution in [2.75, 3.05) is 0 Å². The Morgan fingerprint density at radius 2 is 1.95 bits per heavy atom. The van der Waals surface area contributed by atoms with Crippen molar-refractivity contribution < 1.29 is 0 Å². The summed E-state index contributed by atoms with van der Waals surface area (Å²) in [6.45, 7) is 2.92. The van der Waals surface area contributed by atoms with Gasteiger partial charge in [-0.1, -0.05) is 40.2 Å². The highest BCUT2D eigenvalue weighted by Crippen LogP contribution is 2.15. The monoisotopic (exact) mass is 314 g/mol. The third-order valence-corrected chi connectivity index (χ3v) is 3.57. The van der Waals surface area contributed by atoms with E-state index in [9.17, 15) is 0 Å². The van der Waals surface area contributed by atoms with Crippen LogP contribution in [-0.2, 0) is 6.54 Å². The van der Waals surface area contributed by atoms with Crippen LogP contribution in [-0.4, -0.2) is 0 Å². The van der Waals surface area contributed by atoms with Crippen molar-refractivity contribution in [1.82, 2.24) is 5.32 Å². The average molecular weight is 315 g/mol. The van der Waals surface area contributed by atoms with Crippen molar-refractivity contribution in [3.63, 3.8) is 0 Å². The summed E-state index contributed by atoms with van der Waals surface area (Å²) in [6, 6.07) is 18.4. The van der Waals surface area contributed by atoms with Crippen molar-refractivity contribution in [1.29, 1.82) is 5.26 Å². The zero-order chi connectivity index (χ0) is 13.7. The number of benzene rings is 2. The lowest BCUT2D eigenvalue weighted by molar-refractivity contribution is 0.574. The summed E-state index contributed by atoms with van der Waals surface area (Å²) in [6.07, 6.45) is 0. The highest BCUT2D eigenvalue weighted by Gasteiger charge is 2.05. The molecule has 96 valence electrons. The second kappa shape index (κ2) is 6.51. The maximum atomic E-state index is 8.90. The van der Waals surface area contributed by atoms with Gasteiger partial charge >= 0.3 is 0 Å². The first kappa shape index (κ1) is 13.8. The van der Waals surface area contributed by atoms with Gasteiger partial charge in [0.15, 0.2) is 0 Å². The third-order valence-electron chi connectivity index (χ3n) is 3.04. The Kier molecular flexibility index (Phi) is 4.73. The fourth-order valence-corrected chi connectivity index (χ4v) is 2.13. The van der Waals surface area contributed by atoms with Crippen LogP contribution in [0.1, 0.15) is 29.7 Å². The van der Waals surface area contributed by atoms with E-state index in [2.05, 4.69) is 46.4 Å². The second-order valence-electron chi connectivity index (χ2n) is 4.47. The highest BCUT2D eigenvalue weighted by atomic mass is 79.9. The SMILES string of the molecule is CC(NCc1ccc(Br)cc1)c1cccc(C#N)c1. The Balaban J connectivity index is 1.99. The Hall–Kier alpha value is -1.63. The quantitative estimate of drug-likeness (QED) is 0.919. The molecule has 1 atom stereocenters. The number of nitrogens with one attached hydrogen (secondary N) is 1. The molecule has 0 aliphatic heterocycles. The van der Waals surface area contributed by atoms with E-state index in [1.807, 2.05) is 36.4 Å². The third kappa shape index (κ3) is 3.92. The maximum absolute atomic E-state index is 8.90. The molecule has 19 heavy (non-hydrogen) atoms. The van der Waals surface area contributed by atoms with E-state index >= 15 is 0 Å². The van der Waals surface area contributed by atoms with E-state index in [0.29, 0.717) is 5.56 Å². The summed E-state index contributed by atoms with van der Waals surface area (Å²) >= 11 is 3.43. The molecule has 3 heteroatoms. The van der Waals surface area contributed by atoms with Crippen molar-refractivity contribution in [2.45, 2.75) is 19.5 Å². The van der Waals surface area contributed by atoms with E-state index in [1.54, 1.807) is 0 Å². The van der Waals surface area contributed by atoms with Crippen molar-refractivity contribution in [3.8, 4) is 6.07 Å². The van der Waals surface area contributed by atoms with Gasteiger partial charge < -0.3 is 5.32 Å². The van der Waals surface area contributed by atoms with Gasteiger partial charge in [-0.2, -0.15) is 5.26 Å². The normalized spacial score (nSPS) is 11.8. The Bertz CT molecular complexity index is 584. The van der Waals surface area contributed by atoms with Gasteiger partial charge in [-0.05, 0) is 42.3 Å². The van der Waals surface area contributed by atoms with Crippen LogP contribution in [0.3, 0.4) is 0 Å². The molecule has 2 aromatic rings. The molecule has 2 aromatic carbocycles. The van der Waals surface area contributed by atoms with Gasteiger partial charge in [-0.15, -0.1) is 0 Å². The lowest BCUT2D eigenvalue weighted by atomic mass is 10.1. The predicted octanol–water partition coefficient (Wildman–Crippen LogP) is 4.17. The number of nitrogens with zero attached hydrogens (tertiary/aromatic N) is 1. The van der Waals surface area contributed by atoms with Crippen LogP contribution in [0.2, 0.25) is 0 Å². The topological polar surface area (TPSA) is 35.8 Å². The van der Waals surface area contributed by atoms with Crippen LogP contribution in [0.4, 0.5) is 0 Å². The van der Waals surface area contributed by atoms with Crippen LogP contribution in [0, 0.1) is 11.3 Å². The minimum Gasteiger partial charge on any atom is -0.306 e. The van der Waals surface area contributed by atoms with E-state index < -0.39 is 0 Å². The minimum atomic E-state index is 0.219. The molecule has 1 unspecified atom stereocenters. The molecule has 0 amide bonds. The molecule has 1 N–H and O–H groups in total. The molecule has 0 saturated heterocycles. The number of rotatable bonds is 4. The van der Waals surface area contributed by atoms with E-state index in [4.69, 9.17) is 5.26 Å². The van der Waals surface area contributed by atoms with Gasteiger partial charge in [-0.3, -0.25) is 0 Å². The molecule has 0 saturated carbocycles. The first-order chi connectivity index (χ1) is 9.19. The van der Waals surface area contributed by atoms with Crippen molar-refractivity contribution >= 4 is 15.9 Å². The number of nitriles is 1. The molecule has 0 aromatic heterocycles. The van der Waals surface area contributed by atoms with Gasteiger partial charge in [0.2, 0.25) is 0 Å². The smallest absolute Gasteiger partial charge is 0.0991 e. The molecular weight excluding hydrogens is 300 g/mol. The Labute approximate surface area is 122 Å². The summed E-state index contributed by atoms with van der Waals surface area (Å²) in [7, 11) is 0. The molecule has 2 rings (SSSR count). The van der Waals surface area contributed by atoms with E-state index in [1.165, 1.54) is 5.56 Å². The van der Waals surface area contributed by atoms with E-state index in [-0.39, 0.29) is 6.04 Å². The highest BCUT2D eigenvalue weighted by molar-refractivity contribution is 9.10. The summed E-state index contributed by atoms with van der Waals surface area (Å²) < 4.78 is 1.09. The number of hydrogen-bond acceptors (Lipinski definition) is 2. The van der Waals surface area contributed by atoms with Gasteiger partial charge in [0.05, 0.1) is 11.6 Å². The van der Waals surface area contributed by atoms with Gasteiger partial charge in [0.1, 0.15) is 0 Å². The van der Waals surface area contributed by atoms with Gasteiger partial charge in [-0.25, -0.2) is 0 Å². The first-order valence-electron chi connectivity index (χ1n) is 6.17. The molecule has 2 nitrogen and oxygen atoms in total. The zero-order valence-corrected chi connectivity index (χ0v) is 12.3. The molecule has 0 fully saturated rings. The van der Waals surface area contributed by atoms with Crippen molar-refractivity contribution in [2.24, 2.45) is 0 Å². The minimum absolute atomic E-state index is 0.219. The van der Waals surface area contributed by atoms with Crippen molar-refractivity contribution in [3.05, 3.63) is 69.7 Å². The molecule has 0 heterocycles. The Morgan fingerprint density at radius 3 is 2.63 bits per heavy atom. The molecule has 0 aliphatic carbocycles. The molecule has 0 spiro atoms. The predicted molar refractivity (Wildman–Crippen MR) is 80.6 cm³/mol. The molecular formula is C16H15BrN2. The summed E-state index contributed by atoms with van der Waals surface area (Å²) in [5.41, 5.74) is 3.08. The van der Waals surface area contributed by atoms with Crippen LogP contribution < -0.4 is 5.32 Å². The lowest BCUT2D eigenvalue weighted by Crippen LogP contribution is -2.18. The van der Waals surface area contributed by atoms with Crippen LogP contribution >= 0.6 is 15.9 Å². The second-order valence-corrected chi connectivity index (χ2v) is 5.38. The zero-order valence-electron chi connectivity index (χ0n) is 10.7. The lowest BCUT2D eigenvalue weighted by Gasteiger charge is -2.14. The fraction of sp³-hybridized carbons (Fsp3) is 0.188. The fourth-order valence-electron chi connectivity index (χ4n) is 1.87. The van der Waals surface area contributed by atoms with Crippen LogP contribution in [0.5, 0.6) is 0 Å². The average Bonchev–Trinajstić information content (AvgIpc) is 2.46. The molecule has 0 radical (unpaired) electrons. The number of hydrogen-bond donors (Lipinski definition) is 1. The molecule has 0 aliphatic rings. The standard InChI is InChI=1S/C16H15BrN2/c1-12(15-4-2-3-14(9-15)10-18)19-11-13-5-7-16(17)8-6-13/h2-9,12,19H,11H2,1H3. The first-order valence-corrected chi connectivity index (χ1v) is 6.96. The Morgan fingerprint density at radius 1 is 1.21 bits per heavy atom. The number of halogens is 1. The molecule has 0 bridgehead atoms. The summed E-state index contributed by atoms with van der Waals surface area (Å²) in [5.74, 6) is 0. The summed E-state index contributed by atoms with van der Waals surface area (Å²) in [5, 5.41) is 12.4. The van der Waals surface area contributed by atoms with E-state index in [0.717, 1.165) is 16.6 Å². The van der Waals surface area contributed by atoms with Crippen LogP contribution in [0.15, 0.2) is 53.0 Å². The van der Waals surface area contributed by atoms with Gasteiger partial charge in [0.25, 0.3) is 0 Å². The summed E-state index contributed by atoms with van der Waals surface area (Å²) in [4.78, 5) is 0.